The van der Waals surface area contributed by atoms with Gasteiger partial charge >= 0.3 is 6.03 Å². The summed E-state index contributed by atoms with van der Waals surface area (Å²) < 4.78 is 15.1. The maximum atomic E-state index is 13.3. The third-order valence-corrected chi connectivity index (χ3v) is 4.87. The fraction of sp³-hybridized carbons (Fsp3) is 0.353. The number of carbonyl (C=O) groups is 1. The van der Waals surface area contributed by atoms with Gasteiger partial charge in [-0.05, 0) is 44.0 Å². The van der Waals surface area contributed by atoms with Crippen LogP contribution in [0.3, 0.4) is 0 Å². The van der Waals surface area contributed by atoms with Crippen LogP contribution in [-0.2, 0) is 0 Å². The van der Waals surface area contributed by atoms with E-state index in [2.05, 4.69) is 11.1 Å². The molecule has 1 aromatic heterocycles. The first-order chi connectivity index (χ1) is 11.5. The molecule has 7 heteroatoms. The first-order valence-electron chi connectivity index (χ1n) is 7.66. The number of hydrogen-bond acceptors (Lipinski definition) is 3. The predicted octanol–water partition coefficient (Wildman–Crippen LogP) is 3.09. The highest BCUT2D eigenvalue weighted by Gasteiger charge is 2.25. The van der Waals surface area contributed by atoms with Gasteiger partial charge in [-0.1, -0.05) is 0 Å². The lowest BCUT2D eigenvalue weighted by Gasteiger charge is -2.11. The Hall–Kier alpha value is -2.46. The molecule has 1 aliphatic heterocycles. The Bertz CT molecular complexity index is 893. The van der Waals surface area contributed by atoms with Crippen molar-refractivity contribution in [2.45, 2.75) is 26.4 Å². The van der Waals surface area contributed by atoms with Gasteiger partial charge in [0.05, 0.1) is 18.2 Å². The zero-order chi connectivity index (χ0) is 17.3. The molecule has 0 spiro atoms. The minimum Gasteiger partial charge on any atom is -0.320 e. The zero-order valence-corrected chi connectivity index (χ0v) is 14.3. The molecule has 2 heterocycles. The highest BCUT2D eigenvalue weighted by molar-refractivity contribution is 7.09. The van der Waals surface area contributed by atoms with Gasteiger partial charge < -0.3 is 4.90 Å². The molecule has 1 unspecified atom stereocenters. The first-order valence-corrected chi connectivity index (χ1v) is 8.47. The van der Waals surface area contributed by atoms with E-state index in [4.69, 9.17) is 5.26 Å². The maximum Gasteiger partial charge on any atom is 0.346 e. The summed E-state index contributed by atoms with van der Waals surface area (Å²) in [4.78, 5) is 19.4. The van der Waals surface area contributed by atoms with Gasteiger partial charge in [0.1, 0.15) is 6.17 Å². The Labute approximate surface area is 143 Å². The molecule has 1 aromatic carbocycles. The van der Waals surface area contributed by atoms with Crippen LogP contribution in [0, 0.1) is 25.2 Å². The summed E-state index contributed by atoms with van der Waals surface area (Å²) >= 11 is 1.40. The van der Waals surface area contributed by atoms with E-state index in [0.717, 1.165) is 16.1 Å². The molecule has 1 saturated heterocycles. The number of thiazole rings is 1. The molecular formula is C17H17FN4OS. The van der Waals surface area contributed by atoms with Crippen molar-refractivity contribution in [3.8, 4) is 11.8 Å². The summed E-state index contributed by atoms with van der Waals surface area (Å²) in [6, 6.07) is 7.21. The quantitative estimate of drug-likeness (QED) is 0.798. The van der Waals surface area contributed by atoms with Crippen LogP contribution in [0.2, 0.25) is 0 Å². The van der Waals surface area contributed by atoms with Gasteiger partial charge in [0, 0.05) is 23.3 Å². The number of carbonyl (C=O) groups excluding carboxylic acids is 1. The van der Waals surface area contributed by atoms with Crippen LogP contribution in [0.15, 0.2) is 29.4 Å². The Balaban J connectivity index is 1.99. The van der Waals surface area contributed by atoms with Crippen LogP contribution in [0.25, 0.3) is 5.69 Å². The molecule has 0 radical (unpaired) electrons. The minimum atomic E-state index is -0.956. The third kappa shape index (κ3) is 3.24. The van der Waals surface area contributed by atoms with E-state index in [9.17, 15) is 9.18 Å². The molecule has 5 nitrogen and oxygen atoms in total. The standard InChI is InChI=1S/C17H17FN4OS/c1-11-7-15(4-3-13(11)8-19)22-9-12(2)24-17(22)20-16(23)21-6-5-14(18)10-21/h3-4,7,9,14H,5-6,10H2,1-2H3/b20-17-. The molecule has 3 rings (SSSR count). The van der Waals surface area contributed by atoms with Crippen LogP contribution >= 0.6 is 11.3 Å². The second-order valence-electron chi connectivity index (χ2n) is 5.83. The molecule has 2 amide bonds. The summed E-state index contributed by atoms with van der Waals surface area (Å²) in [7, 11) is 0. The van der Waals surface area contributed by atoms with Crippen molar-refractivity contribution in [3.63, 3.8) is 0 Å². The molecule has 24 heavy (non-hydrogen) atoms. The average molecular weight is 344 g/mol. The molecule has 0 aliphatic carbocycles. The highest BCUT2D eigenvalue weighted by atomic mass is 32.1. The maximum absolute atomic E-state index is 13.3. The lowest BCUT2D eigenvalue weighted by Crippen LogP contribution is -2.28. The first kappa shape index (κ1) is 16.4. The average Bonchev–Trinajstić information content (AvgIpc) is 3.13. The smallest absolute Gasteiger partial charge is 0.320 e. The normalized spacial score (nSPS) is 18.0. The number of alkyl halides is 1. The van der Waals surface area contributed by atoms with Crippen molar-refractivity contribution < 1.29 is 9.18 Å². The Morgan fingerprint density at radius 1 is 1.46 bits per heavy atom. The van der Waals surface area contributed by atoms with E-state index in [1.165, 1.54) is 16.2 Å². The second-order valence-corrected chi connectivity index (χ2v) is 7.04. The molecule has 124 valence electrons. The van der Waals surface area contributed by atoms with Gasteiger partial charge in [0.15, 0.2) is 4.80 Å². The number of nitriles is 1. The number of hydrogen-bond donors (Lipinski definition) is 0. The SMILES string of the molecule is Cc1cn(-c2ccc(C#N)c(C)c2)/c(=N/C(=O)N2CCC(F)C2)s1. The molecule has 0 N–H and O–H groups in total. The third-order valence-electron chi connectivity index (χ3n) is 3.97. The lowest BCUT2D eigenvalue weighted by atomic mass is 10.1. The molecule has 1 fully saturated rings. The molecule has 0 saturated carbocycles. The van der Waals surface area contributed by atoms with Gasteiger partial charge in [-0.2, -0.15) is 10.3 Å². The van der Waals surface area contributed by atoms with Gasteiger partial charge in [0.25, 0.3) is 0 Å². The van der Waals surface area contributed by atoms with Crippen molar-refractivity contribution in [2.24, 2.45) is 4.99 Å². The summed E-state index contributed by atoms with van der Waals surface area (Å²) in [5, 5.41) is 9.05. The van der Waals surface area contributed by atoms with Crippen LogP contribution in [-0.4, -0.2) is 34.8 Å². The van der Waals surface area contributed by atoms with Gasteiger partial charge in [-0.15, -0.1) is 11.3 Å². The Kier molecular flexibility index (Phi) is 4.49. The van der Waals surface area contributed by atoms with E-state index >= 15 is 0 Å². The van der Waals surface area contributed by atoms with Crippen molar-refractivity contribution in [1.82, 2.24) is 9.47 Å². The van der Waals surface area contributed by atoms with Crippen molar-refractivity contribution in [2.75, 3.05) is 13.1 Å². The number of likely N-dealkylation sites (tertiary alicyclic amines) is 1. The fourth-order valence-electron chi connectivity index (χ4n) is 2.69. The molecule has 0 bridgehead atoms. The Morgan fingerprint density at radius 2 is 2.25 bits per heavy atom. The number of rotatable bonds is 1. The molecular weight excluding hydrogens is 327 g/mol. The highest BCUT2D eigenvalue weighted by Crippen LogP contribution is 2.16. The number of nitrogens with zero attached hydrogens (tertiary/aromatic N) is 4. The van der Waals surface area contributed by atoms with Gasteiger partial charge in [0.2, 0.25) is 0 Å². The van der Waals surface area contributed by atoms with Crippen LogP contribution in [0.4, 0.5) is 9.18 Å². The van der Waals surface area contributed by atoms with E-state index in [1.807, 2.05) is 36.7 Å². The van der Waals surface area contributed by atoms with Crippen molar-refractivity contribution in [3.05, 3.63) is 45.2 Å². The summed E-state index contributed by atoms with van der Waals surface area (Å²) in [6.07, 6.45) is 1.32. The van der Waals surface area contributed by atoms with Crippen molar-refractivity contribution >= 4 is 17.4 Å². The van der Waals surface area contributed by atoms with E-state index < -0.39 is 12.2 Å². The van der Waals surface area contributed by atoms with E-state index in [1.54, 1.807) is 6.07 Å². The predicted molar refractivity (Wildman–Crippen MR) is 89.9 cm³/mol. The number of urea groups is 1. The summed E-state index contributed by atoms with van der Waals surface area (Å²) in [6.45, 7) is 4.33. The monoisotopic (exact) mass is 344 g/mol. The number of amides is 2. The van der Waals surface area contributed by atoms with Crippen molar-refractivity contribution in [1.29, 1.82) is 5.26 Å². The van der Waals surface area contributed by atoms with E-state index in [0.29, 0.717) is 23.3 Å². The number of aromatic nitrogens is 1. The van der Waals surface area contributed by atoms with Crippen LogP contribution < -0.4 is 4.80 Å². The van der Waals surface area contributed by atoms with Gasteiger partial charge in [-0.3, -0.25) is 4.57 Å². The summed E-state index contributed by atoms with van der Waals surface area (Å²) in [5.41, 5.74) is 2.32. The van der Waals surface area contributed by atoms with Crippen LogP contribution in [0.1, 0.15) is 22.4 Å². The zero-order valence-electron chi connectivity index (χ0n) is 13.5. The number of halogens is 1. The van der Waals surface area contributed by atoms with E-state index in [-0.39, 0.29) is 6.54 Å². The lowest BCUT2D eigenvalue weighted by molar-refractivity contribution is 0.213. The summed E-state index contributed by atoms with van der Waals surface area (Å²) in [5.74, 6) is 0. The molecule has 1 aliphatic rings. The van der Waals surface area contributed by atoms with Crippen LogP contribution in [0.5, 0.6) is 0 Å². The number of benzene rings is 1. The Morgan fingerprint density at radius 3 is 2.88 bits per heavy atom. The number of aryl methyl sites for hydroxylation is 2. The van der Waals surface area contributed by atoms with Gasteiger partial charge in [-0.25, -0.2) is 9.18 Å². The molecule has 2 aromatic rings. The second kappa shape index (κ2) is 6.57. The molecule has 1 atom stereocenters. The topological polar surface area (TPSA) is 61.4 Å². The fourth-order valence-corrected chi connectivity index (χ4v) is 3.51. The minimum absolute atomic E-state index is 0.114. The largest absolute Gasteiger partial charge is 0.346 e.